The fourth-order valence-corrected chi connectivity index (χ4v) is 3.97. The molecule has 0 aliphatic heterocycles. The van der Waals surface area contributed by atoms with Gasteiger partial charge in [-0.05, 0) is 25.1 Å². The second kappa shape index (κ2) is 6.55. The largest absolute Gasteiger partial charge is 0.324 e. The lowest BCUT2D eigenvalue weighted by Crippen LogP contribution is -2.29. The number of halogens is 2. The summed E-state index contributed by atoms with van der Waals surface area (Å²) in [5.41, 5.74) is 0.426. The van der Waals surface area contributed by atoms with Crippen LogP contribution in [0.4, 0.5) is 14.5 Å². The lowest BCUT2D eigenvalue weighted by Gasteiger charge is -2.10. The fourth-order valence-electron chi connectivity index (χ4n) is 2.88. The average molecular weight is 385 g/mol. The lowest BCUT2D eigenvalue weighted by molar-refractivity contribution is -0.116. The van der Waals surface area contributed by atoms with Crippen molar-refractivity contribution < 1.29 is 13.6 Å². The van der Waals surface area contributed by atoms with Crippen LogP contribution in [0.1, 0.15) is 5.82 Å². The van der Waals surface area contributed by atoms with E-state index in [4.69, 9.17) is 0 Å². The van der Waals surface area contributed by atoms with Crippen molar-refractivity contribution in [3.8, 4) is 0 Å². The summed E-state index contributed by atoms with van der Waals surface area (Å²) < 4.78 is 28.9. The minimum absolute atomic E-state index is 0.112. The molecule has 5 nitrogen and oxygen atoms in total. The van der Waals surface area contributed by atoms with Crippen LogP contribution in [0.2, 0.25) is 0 Å². The highest BCUT2D eigenvalue weighted by molar-refractivity contribution is 7.25. The van der Waals surface area contributed by atoms with Gasteiger partial charge in [0.1, 0.15) is 17.1 Å². The van der Waals surface area contributed by atoms with Crippen LogP contribution >= 0.6 is 11.3 Å². The first-order chi connectivity index (χ1) is 12.9. The second-order valence-corrected chi connectivity index (χ2v) is 7.06. The zero-order chi connectivity index (χ0) is 19.1. The number of rotatable bonds is 3. The van der Waals surface area contributed by atoms with Crippen LogP contribution in [0, 0.1) is 18.6 Å². The van der Waals surface area contributed by atoms with Gasteiger partial charge in [0.2, 0.25) is 5.91 Å². The molecule has 0 atom stereocenters. The van der Waals surface area contributed by atoms with Gasteiger partial charge in [0.25, 0.3) is 5.56 Å². The number of aryl methyl sites for hydroxylation is 1. The van der Waals surface area contributed by atoms with Crippen LogP contribution < -0.4 is 10.9 Å². The van der Waals surface area contributed by atoms with E-state index in [1.54, 1.807) is 6.92 Å². The highest BCUT2D eigenvalue weighted by Gasteiger charge is 2.16. The van der Waals surface area contributed by atoms with Crippen molar-refractivity contribution in [2.24, 2.45) is 0 Å². The molecule has 0 saturated carbocycles. The maximum atomic E-state index is 13.3. The number of aromatic nitrogens is 2. The Hall–Kier alpha value is -3.13. The average Bonchev–Trinajstić information content (AvgIpc) is 3.01. The van der Waals surface area contributed by atoms with Crippen LogP contribution in [0.25, 0.3) is 20.3 Å². The number of hydrogen-bond donors (Lipinski definition) is 1. The zero-order valence-corrected chi connectivity index (χ0v) is 14.9. The van der Waals surface area contributed by atoms with E-state index >= 15 is 0 Å². The van der Waals surface area contributed by atoms with E-state index in [2.05, 4.69) is 10.3 Å². The van der Waals surface area contributed by atoms with Gasteiger partial charge in [0, 0.05) is 21.8 Å². The minimum Gasteiger partial charge on any atom is -0.324 e. The molecular formula is C19H13F2N3O2S. The van der Waals surface area contributed by atoms with Crippen molar-refractivity contribution in [2.45, 2.75) is 13.5 Å². The molecule has 136 valence electrons. The summed E-state index contributed by atoms with van der Waals surface area (Å²) in [6.45, 7) is 1.37. The Balaban J connectivity index is 1.69. The van der Waals surface area contributed by atoms with Gasteiger partial charge in [-0.25, -0.2) is 13.8 Å². The molecule has 0 spiro atoms. The molecule has 2 aromatic carbocycles. The van der Waals surface area contributed by atoms with Crippen LogP contribution in [0.15, 0.2) is 47.3 Å². The Morgan fingerprint density at radius 1 is 1.19 bits per heavy atom. The first-order valence-electron chi connectivity index (χ1n) is 8.07. The number of hydrogen-bond acceptors (Lipinski definition) is 4. The van der Waals surface area contributed by atoms with Gasteiger partial charge in [0.05, 0.1) is 5.52 Å². The van der Waals surface area contributed by atoms with Gasteiger partial charge in [0.15, 0.2) is 11.6 Å². The second-order valence-electron chi connectivity index (χ2n) is 6.00. The number of amides is 1. The predicted molar refractivity (Wildman–Crippen MR) is 101 cm³/mol. The van der Waals surface area contributed by atoms with Gasteiger partial charge < -0.3 is 5.32 Å². The first kappa shape index (κ1) is 17.3. The maximum absolute atomic E-state index is 13.3. The van der Waals surface area contributed by atoms with Gasteiger partial charge in [-0.2, -0.15) is 0 Å². The molecule has 0 fully saturated rings. The van der Waals surface area contributed by atoms with E-state index in [1.165, 1.54) is 22.0 Å². The molecule has 0 radical (unpaired) electrons. The van der Waals surface area contributed by atoms with Crippen LogP contribution in [0.3, 0.4) is 0 Å². The molecule has 2 heterocycles. The van der Waals surface area contributed by atoms with Gasteiger partial charge >= 0.3 is 0 Å². The Labute approximate surface area is 155 Å². The molecule has 2 aromatic heterocycles. The quantitative estimate of drug-likeness (QED) is 0.583. The van der Waals surface area contributed by atoms with Crippen LogP contribution in [-0.2, 0) is 11.3 Å². The number of thiophene rings is 1. The molecule has 0 saturated heterocycles. The minimum atomic E-state index is -1.06. The van der Waals surface area contributed by atoms with E-state index in [9.17, 15) is 18.4 Å². The lowest BCUT2D eigenvalue weighted by atomic mass is 10.2. The Kier molecular flexibility index (Phi) is 4.19. The summed E-state index contributed by atoms with van der Waals surface area (Å²) in [4.78, 5) is 29.6. The molecular weight excluding hydrogens is 372 g/mol. The number of fused-ring (bicyclic) bond motifs is 3. The third-order valence-corrected chi connectivity index (χ3v) is 5.33. The van der Waals surface area contributed by atoms with E-state index < -0.39 is 17.5 Å². The normalized spacial score (nSPS) is 11.2. The molecule has 0 aliphatic carbocycles. The van der Waals surface area contributed by atoms with E-state index in [0.717, 1.165) is 22.2 Å². The molecule has 0 bridgehead atoms. The SMILES string of the molecule is Cc1nc2c(sc3ccccc32)c(=O)n1CC(=O)Nc1ccc(F)c(F)c1. The third kappa shape index (κ3) is 3.08. The summed E-state index contributed by atoms with van der Waals surface area (Å²) in [7, 11) is 0. The number of nitrogens with one attached hydrogen (secondary N) is 1. The number of carbonyl (C=O) groups is 1. The van der Waals surface area contributed by atoms with Crippen LogP contribution in [-0.4, -0.2) is 15.5 Å². The summed E-state index contributed by atoms with van der Waals surface area (Å²) in [6, 6.07) is 10.6. The molecule has 27 heavy (non-hydrogen) atoms. The zero-order valence-electron chi connectivity index (χ0n) is 14.1. The number of nitrogens with zero attached hydrogens (tertiary/aromatic N) is 2. The van der Waals surface area contributed by atoms with Crippen molar-refractivity contribution in [3.05, 3.63) is 70.3 Å². The van der Waals surface area contributed by atoms with E-state index in [1.807, 2.05) is 24.3 Å². The maximum Gasteiger partial charge on any atom is 0.272 e. The molecule has 1 amide bonds. The van der Waals surface area contributed by atoms with Crippen LogP contribution in [0.5, 0.6) is 0 Å². The summed E-state index contributed by atoms with van der Waals surface area (Å²) in [6.07, 6.45) is 0. The highest BCUT2D eigenvalue weighted by atomic mass is 32.1. The standard InChI is InChI=1S/C19H13F2N3O2S/c1-10-22-17-12-4-2-3-5-15(12)27-18(17)19(26)24(10)9-16(25)23-11-6-7-13(20)14(21)8-11/h2-8H,9H2,1H3,(H,23,25). The number of carbonyl (C=O) groups excluding carboxylic acids is 1. The predicted octanol–water partition coefficient (Wildman–Crippen LogP) is 3.84. The third-order valence-electron chi connectivity index (χ3n) is 4.18. The van der Waals surface area contributed by atoms with Crippen molar-refractivity contribution in [1.82, 2.24) is 9.55 Å². The van der Waals surface area contributed by atoms with Gasteiger partial charge in [-0.3, -0.25) is 14.2 Å². The van der Waals surface area contributed by atoms with Crippen molar-refractivity contribution in [1.29, 1.82) is 0 Å². The summed E-state index contributed by atoms with van der Waals surface area (Å²) in [5, 5.41) is 3.36. The van der Waals surface area contributed by atoms with Crippen molar-refractivity contribution in [3.63, 3.8) is 0 Å². The number of anilines is 1. The molecule has 0 unspecified atom stereocenters. The molecule has 1 N–H and O–H groups in total. The summed E-state index contributed by atoms with van der Waals surface area (Å²) in [5.74, 6) is -2.20. The Morgan fingerprint density at radius 3 is 2.74 bits per heavy atom. The molecule has 0 aliphatic rings. The monoisotopic (exact) mass is 385 g/mol. The van der Waals surface area contributed by atoms with Gasteiger partial charge in [-0.15, -0.1) is 11.3 Å². The van der Waals surface area contributed by atoms with E-state index in [-0.39, 0.29) is 17.8 Å². The molecule has 8 heteroatoms. The Morgan fingerprint density at radius 2 is 1.96 bits per heavy atom. The summed E-state index contributed by atoms with van der Waals surface area (Å²) >= 11 is 1.33. The molecule has 4 rings (SSSR count). The van der Waals surface area contributed by atoms with Crippen molar-refractivity contribution in [2.75, 3.05) is 5.32 Å². The highest BCUT2D eigenvalue weighted by Crippen LogP contribution is 2.30. The van der Waals surface area contributed by atoms with Crippen molar-refractivity contribution >= 4 is 43.2 Å². The Bertz CT molecular complexity index is 1260. The van der Waals surface area contributed by atoms with Gasteiger partial charge in [-0.1, -0.05) is 18.2 Å². The topological polar surface area (TPSA) is 64.0 Å². The van der Waals surface area contributed by atoms with E-state index in [0.29, 0.717) is 16.0 Å². The smallest absolute Gasteiger partial charge is 0.272 e. The fraction of sp³-hybridized carbons (Fsp3) is 0.105. The first-order valence-corrected chi connectivity index (χ1v) is 8.89. The number of benzene rings is 2. The molecule has 4 aromatic rings.